The second-order valence-electron chi connectivity index (χ2n) is 7.77. The largest absolute Gasteiger partial charge is 0.337 e. The van der Waals surface area contributed by atoms with Crippen LogP contribution in [0.3, 0.4) is 0 Å². The summed E-state index contributed by atoms with van der Waals surface area (Å²) in [5, 5.41) is 11.1. The molecule has 0 unspecified atom stereocenters. The normalized spacial score (nSPS) is 13.6. The highest BCUT2D eigenvalue weighted by molar-refractivity contribution is 6.46. The molecule has 0 aromatic heterocycles. The van der Waals surface area contributed by atoms with E-state index in [0.717, 1.165) is 16.8 Å². The Morgan fingerprint density at radius 3 is 2.15 bits per heavy atom. The second-order valence-corrected chi connectivity index (χ2v) is 7.77. The number of aryl methyl sites for hydroxylation is 1. The highest BCUT2D eigenvalue weighted by atomic mass is 16.6. The predicted octanol–water partition coefficient (Wildman–Crippen LogP) is 5.02. The zero-order valence-corrected chi connectivity index (χ0v) is 18.6. The van der Waals surface area contributed by atoms with Crippen LogP contribution in [0.2, 0.25) is 0 Å². The van der Waals surface area contributed by atoms with Gasteiger partial charge in [0.25, 0.3) is 17.5 Å². The summed E-state index contributed by atoms with van der Waals surface area (Å²) in [5.74, 6) is -0.875. The number of hydrogen-bond donors (Lipinski definition) is 0. The molecule has 0 bridgehead atoms. The molecule has 1 aliphatic rings. The lowest BCUT2D eigenvalue weighted by Crippen LogP contribution is -2.35. The van der Waals surface area contributed by atoms with Crippen molar-refractivity contribution in [2.75, 3.05) is 16.3 Å². The number of benzene rings is 3. The number of anilines is 2. The van der Waals surface area contributed by atoms with Gasteiger partial charge in [-0.25, -0.2) is 4.90 Å². The van der Waals surface area contributed by atoms with E-state index in [-0.39, 0.29) is 17.0 Å². The number of non-ortho nitro benzene ring substituents is 1. The van der Waals surface area contributed by atoms with Crippen molar-refractivity contribution in [3.05, 3.63) is 105 Å². The van der Waals surface area contributed by atoms with Gasteiger partial charge >= 0.3 is 0 Å². The van der Waals surface area contributed by atoms with E-state index < -0.39 is 16.7 Å². The number of carbonyl (C=O) groups is 2. The van der Waals surface area contributed by atoms with Gasteiger partial charge in [-0.15, -0.1) is 0 Å². The molecule has 3 aromatic rings. The number of carbonyl (C=O) groups excluding carboxylic acids is 2. The molecule has 0 radical (unpaired) electrons. The Bertz CT molecular complexity index is 1280. The van der Waals surface area contributed by atoms with E-state index in [1.165, 1.54) is 29.2 Å². The number of amides is 2. The lowest BCUT2D eigenvalue weighted by atomic mass is 10.0. The molecule has 1 heterocycles. The summed E-state index contributed by atoms with van der Waals surface area (Å²) in [6.45, 7) is 6.17. The van der Waals surface area contributed by atoms with Gasteiger partial charge in [-0.1, -0.05) is 30.3 Å². The molecule has 4 rings (SSSR count). The van der Waals surface area contributed by atoms with Crippen molar-refractivity contribution in [2.24, 2.45) is 0 Å². The number of para-hydroxylation sites is 1. The quantitative estimate of drug-likeness (QED) is 0.305. The lowest BCUT2D eigenvalue weighted by molar-refractivity contribution is -0.384. The molecular formula is C26H23N3O4. The van der Waals surface area contributed by atoms with Crippen molar-refractivity contribution in [1.82, 2.24) is 0 Å². The topological polar surface area (TPSA) is 83.8 Å². The Kier molecular flexibility index (Phi) is 5.79. The molecule has 1 aliphatic heterocycles. The molecule has 0 aliphatic carbocycles. The molecule has 3 aromatic carbocycles. The third kappa shape index (κ3) is 3.78. The zero-order chi connectivity index (χ0) is 23.7. The molecule has 2 amide bonds. The molecule has 0 spiro atoms. The fourth-order valence-corrected chi connectivity index (χ4v) is 4.05. The lowest BCUT2D eigenvalue weighted by Gasteiger charge is -2.25. The first-order valence-corrected chi connectivity index (χ1v) is 10.6. The van der Waals surface area contributed by atoms with Crippen LogP contribution in [-0.4, -0.2) is 23.3 Å². The summed E-state index contributed by atoms with van der Waals surface area (Å²) in [7, 11) is 0. The van der Waals surface area contributed by atoms with Crippen LogP contribution in [0.5, 0.6) is 0 Å². The summed E-state index contributed by atoms with van der Waals surface area (Å²) in [6, 6.07) is 20.6. The van der Waals surface area contributed by atoms with E-state index in [4.69, 9.17) is 0 Å². The maximum absolute atomic E-state index is 13.8. The molecule has 7 heteroatoms. The standard InChI is InChI=1S/C26H23N3O4/c1-4-27(20-10-6-5-7-11-20)24-23(19-13-15-21(16-14-19)29(32)33)25(30)28(26(24)31)22-12-8-9-17(2)18(22)3/h5-16H,4H2,1-3H3. The Morgan fingerprint density at radius 2 is 1.55 bits per heavy atom. The smallest absolute Gasteiger partial charge is 0.282 e. The summed E-state index contributed by atoms with van der Waals surface area (Å²) in [6.07, 6.45) is 0. The van der Waals surface area contributed by atoms with Crippen LogP contribution in [0.25, 0.3) is 5.57 Å². The van der Waals surface area contributed by atoms with Crippen molar-refractivity contribution < 1.29 is 14.5 Å². The zero-order valence-electron chi connectivity index (χ0n) is 18.6. The molecule has 7 nitrogen and oxygen atoms in total. The molecule has 0 atom stereocenters. The number of imide groups is 1. The number of likely N-dealkylation sites (N-methyl/N-ethyl adjacent to an activating group) is 1. The van der Waals surface area contributed by atoms with Crippen LogP contribution >= 0.6 is 0 Å². The minimum atomic E-state index is -0.495. The number of hydrogen-bond acceptors (Lipinski definition) is 5. The fraction of sp³-hybridized carbons (Fsp3) is 0.154. The monoisotopic (exact) mass is 441 g/mol. The van der Waals surface area contributed by atoms with E-state index in [1.54, 1.807) is 6.07 Å². The van der Waals surface area contributed by atoms with E-state index in [0.29, 0.717) is 17.8 Å². The number of rotatable bonds is 6. The maximum Gasteiger partial charge on any atom is 0.282 e. The van der Waals surface area contributed by atoms with Crippen LogP contribution in [0, 0.1) is 24.0 Å². The van der Waals surface area contributed by atoms with Gasteiger partial charge in [0.2, 0.25) is 0 Å². The van der Waals surface area contributed by atoms with E-state index >= 15 is 0 Å². The van der Waals surface area contributed by atoms with Crippen molar-refractivity contribution in [2.45, 2.75) is 20.8 Å². The van der Waals surface area contributed by atoms with Crippen LogP contribution in [0.1, 0.15) is 23.6 Å². The summed E-state index contributed by atoms with van der Waals surface area (Å²) < 4.78 is 0. The van der Waals surface area contributed by atoms with Gasteiger partial charge in [-0.05, 0) is 67.8 Å². The first kappa shape index (κ1) is 22.0. The van der Waals surface area contributed by atoms with Crippen LogP contribution < -0.4 is 9.80 Å². The van der Waals surface area contributed by atoms with Crippen LogP contribution in [0.4, 0.5) is 17.1 Å². The van der Waals surface area contributed by atoms with Gasteiger partial charge in [-0.2, -0.15) is 0 Å². The van der Waals surface area contributed by atoms with Gasteiger partial charge in [0.1, 0.15) is 5.70 Å². The van der Waals surface area contributed by atoms with Crippen LogP contribution in [0.15, 0.2) is 78.5 Å². The van der Waals surface area contributed by atoms with Gasteiger partial charge in [0, 0.05) is 24.4 Å². The molecule has 166 valence electrons. The highest BCUT2D eigenvalue weighted by Gasteiger charge is 2.43. The van der Waals surface area contributed by atoms with Gasteiger partial charge in [0.15, 0.2) is 0 Å². The van der Waals surface area contributed by atoms with Gasteiger partial charge < -0.3 is 4.90 Å². The van der Waals surface area contributed by atoms with Crippen molar-refractivity contribution in [3.63, 3.8) is 0 Å². The SMILES string of the molecule is CCN(C1=C(c2ccc([N+](=O)[O-])cc2)C(=O)N(c2cccc(C)c2C)C1=O)c1ccccc1. The molecule has 0 N–H and O–H groups in total. The van der Waals surface area contributed by atoms with E-state index in [2.05, 4.69) is 0 Å². The van der Waals surface area contributed by atoms with Crippen molar-refractivity contribution >= 4 is 34.4 Å². The predicted molar refractivity (Wildman–Crippen MR) is 128 cm³/mol. The van der Waals surface area contributed by atoms with Gasteiger partial charge in [0.05, 0.1) is 16.2 Å². The molecule has 33 heavy (non-hydrogen) atoms. The summed E-state index contributed by atoms with van der Waals surface area (Å²) >= 11 is 0. The minimum Gasteiger partial charge on any atom is -0.337 e. The Hall–Kier alpha value is -4.26. The van der Waals surface area contributed by atoms with Crippen molar-refractivity contribution in [1.29, 1.82) is 0 Å². The summed E-state index contributed by atoms with van der Waals surface area (Å²) in [5.41, 5.74) is 3.96. The van der Waals surface area contributed by atoms with E-state index in [9.17, 15) is 19.7 Å². The summed E-state index contributed by atoms with van der Waals surface area (Å²) in [4.78, 5) is 41.2. The van der Waals surface area contributed by atoms with Crippen molar-refractivity contribution in [3.8, 4) is 0 Å². The fourth-order valence-electron chi connectivity index (χ4n) is 4.05. The third-order valence-electron chi connectivity index (χ3n) is 5.90. The highest BCUT2D eigenvalue weighted by Crippen LogP contribution is 2.38. The first-order valence-electron chi connectivity index (χ1n) is 10.6. The average Bonchev–Trinajstić information content (AvgIpc) is 3.07. The first-order chi connectivity index (χ1) is 15.8. The molecular weight excluding hydrogens is 418 g/mol. The number of nitrogens with zero attached hydrogens (tertiary/aromatic N) is 3. The second kappa shape index (κ2) is 8.70. The minimum absolute atomic E-state index is 0.0838. The third-order valence-corrected chi connectivity index (χ3v) is 5.90. The molecule has 0 saturated carbocycles. The number of nitro groups is 1. The Morgan fingerprint density at radius 1 is 0.879 bits per heavy atom. The molecule has 0 fully saturated rings. The van der Waals surface area contributed by atoms with E-state index in [1.807, 2.05) is 68.1 Å². The average molecular weight is 441 g/mol. The number of nitro benzene ring substituents is 1. The Balaban J connectivity index is 1.93. The Labute approximate surface area is 191 Å². The molecule has 0 saturated heterocycles. The maximum atomic E-state index is 13.8. The van der Waals surface area contributed by atoms with Gasteiger partial charge in [-0.3, -0.25) is 19.7 Å². The van der Waals surface area contributed by atoms with Crippen LogP contribution in [-0.2, 0) is 9.59 Å².